The quantitative estimate of drug-likeness (QED) is 0.188. The molecule has 1 rings (SSSR count). The normalized spacial score (nSPS) is 18.6. The van der Waals surface area contributed by atoms with E-state index in [1.807, 2.05) is 13.8 Å². The molecule has 0 aromatic heterocycles. The predicted octanol–water partition coefficient (Wildman–Crippen LogP) is 3.10. The monoisotopic (exact) mass is 269 g/mol. The molecule has 112 valence electrons. The highest BCUT2D eigenvalue weighted by Crippen LogP contribution is 2.48. The lowest BCUT2D eigenvalue weighted by atomic mass is 9.86. The van der Waals surface area contributed by atoms with Gasteiger partial charge in [0.2, 0.25) is 0 Å². The lowest BCUT2D eigenvalue weighted by Crippen LogP contribution is -2.32. The molecular weight excluding hydrogens is 238 g/mol. The Morgan fingerprint density at radius 2 is 2.05 bits per heavy atom. The van der Waals surface area contributed by atoms with Crippen molar-refractivity contribution in [2.75, 3.05) is 13.1 Å². The zero-order valence-electron chi connectivity index (χ0n) is 12.8. The molecule has 4 nitrogen and oxygen atoms in total. The molecule has 0 aromatic carbocycles. The first kappa shape index (κ1) is 16.3. The average Bonchev–Trinajstić information content (AvgIpc) is 3.13. The maximum absolute atomic E-state index is 8.71. The number of rotatable bonds is 10. The molecule has 0 saturated heterocycles. The highest BCUT2D eigenvalue weighted by atomic mass is 16.4. The lowest BCUT2D eigenvalue weighted by Gasteiger charge is -2.22. The van der Waals surface area contributed by atoms with Gasteiger partial charge in [-0.1, -0.05) is 38.8 Å². The third kappa shape index (κ3) is 5.39. The summed E-state index contributed by atoms with van der Waals surface area (Å²) in [4.78, 5) is 0. The highest BCUT2D eigenvalue weighted by Gasteiger charge is 2.40. The number of nitrogens with one attached hydrogen (secondary N) is 1. The summed E-state index contributed by atoms with van der Waals surface area (Å²) in [5.74, 6) is 0.334. The second-order valence-corrected chi connectivity index (χ2v) is 6.75. The van der Waals surface area contributed by atoms with Crippen molar-refractivity contribution >= 4 is 5.84 Å². The Balaban J connectivity index is 2.06. The molecule has 0 radical (unpaired) electrons. The molecule has 0 atom stereocenters. The minimum absolute atomic E-state index is 0.200. The van der Waals surface area contributed by atoms with Gasteiger partial charge in [-0.2, -0.15) is 0 Å². The molecule has 0 bridgehead atoms. The van der Waals surface area contributed by atoms with E-state index in [-0.39, 0.29) is 5.41 Å². The zero-order chi connectivity index (χ0) is 14.4. The Labute approximate surface area is 117 Å². The molecule has 1 aliphatic carbocycles. The van der Waals surface area contributed by atoms with Crippen LogP contribution in [-0.2, 0) is 0 Å². The zero-order valence-corrected chi connectivity index (χ0v) is 12.8. The van der Waals surface area contributed by atoms with E-state index in [9.17, 15) is 0 Å². The Bertz CT molecular complexity index is 296. The van der Waals surface area contributed by atoms with Gasteiger partial charge in [0.15, 0.2) is 0 Å². The van der Waals surface area contributed by atoms with Crippen molar-refractivity contribution in [1.82, 2.24) is 5.32 Å². The van der Waals surface area contributed by atoms with Gasteiger partial charge >= 0.3 is 0 Å². The fourth-order valence-corrected chi connectivity index (χ4v) is 2.66. The maximum Gasteiger partial charge on any atom is 0.144 e. The van der Waals surface area contributed by atoms with Crippen molar-refractivity contribution in [3.8, 4) is 0 Å². The van der Waals surface area contributed by atoms with Gasteiger partial charge in [0.05, 0.1) is 0 Å². The van der Waals surface area contributed by atoms with Crippen molar-refractivity contribution in [3.05, 3.63) is 0 Å². The van der Waals surface area contributed by atoms with Gasteiger partial charge in [0.25, 0.3) is 0 Å². The number of amidine groups is 1. The van der Waals surface area contributed by atoms with Crippen molar-refractivity contribution in [2.24, 2.45) is 21.7 Å². The maximum atomic E-state index is 8.71. The van der Waals surface area contributed by atoms with E-state index in [0.29, 0.717) is 11.3 Å². The van der Waals surface area contributed by atoms with E-state index in [2.05, 4.69) is 17.4 Å². The Morgan fingerprint density at radius 1 is 1.37 bits per heavy atom. The summed E-state index contributed by atoms with van der Waals surface area (Å²) in [5, 5.41) is 15.4. The van der Waals surface area contributed by atoms with Gasteiger partial charge in [-0.25, -0.2) is 0 Å². The average molecular weight is 269 g/mol. The molecule has 19 heavy (non-hydrogen) atoms. The van der Waals surface area contributed by atoms with Crippen LogP contribution in [0.3, 0.4) is 0 Å². The van der Waals surface area contributed by atoms with Crippen LogP contribution < -0.4 is 11.1 Å². The van der Waals surface area contributed by atoms with Crippen molar-refractivity contribution in [3.63, 3.8) is 0 Å². The molecule has 0 unspecified atom stereocenters. The first-order valence-electron chi connectivity index (χ1n) is 7.64. The SMILES string of the molecule is CCCC1(CNCCCCC(C)(C)C(N)=NO)CC1. The molecule has 1 saturated carbocycles. The van der Waals surface area contributed by atoms with Crippen LogP contribution in [0.15, 0.2) is 5.16 Å². The molecule has 4 heteroatoms. The summed E-state index contributed by atoms with van der Waals surface area (Å²) in [6.07, 6.45) is 8.72. The van der Waals surface area contributed by atoms with E-state index in [1.54, 1.807) is 0 Å². The fraction of sp³-hybridized carbons (Fsp3) is 0.933. The molecule has 0 aromatic rings. The van der Waals surface area contributed by atoms with Crippen LogP contribution in [0, 0.1) is 10.8 Å². The van der Waals surface area contributed by atoms with Crippen molar-refractivity contribution in [1.29, 1.82) is 0 Å². The van der Waals surface area contributed by atoms with Crippen molar-refractivity contribution < 1.29 is 5.21 Å². The van der Waals surface area contributed by atoms with Crippen LogP contribution in [0.25, 0.3) is 0 Å². The van der Waals surface area contributed by atoms with Crippen LogP contribution in [0.4, 0.5) is 0 Å². The number of oxime groups is 1. The third-order valence-electron chi connectivity index (χ3n) is 4.44. The summed E-state index contributed by atoms with van der Waals surface area (Å²) in [6, 6.07) is 0. The largest absolute Gasteiger partial charge is 0.409 e. The Hall–Kier alpha value is -0.770. The van der Waals surface area contributed by atoms with Gasteiger partial charge in [0.1, 0.15) is 5.84 Å². The van der Waals surface area contributed by atoms with Crippen LogP contribution in [-0.4, -0.2) is 24.1 Å². The summed E-state index contributed by atoms with van der Waals surface area (Å²) in [5.41, 5.74) is 6.12. The Kier molecular flexibility index (Phi) is 6.11. The minimum atomic E-state index is -0.200. The number of nitrogens with zero attached hydrogens (tertiary/aromatic N) is 1. The highest BCUT2D eigenvalue weighted by molar-refractivity contribution is 5.85. The summed E-state index contributed by atoms with van der Waals surface area (Å²) in [6.45, 7) is 8.59. The van der Waals surface area contributed by atoms with Crippen LogP contribution in [0.5, 0.6) is 0 Å². The lowest BCUT2D eigenvalue weighted by molar-refractivity contribution is 0.304. The van der Waals surface area contributed by atoms with E-state index >= 15 is 0 Å². The predicted molar refractivity (Wildman–Crippen MR) is 80.5 cm³/mol. The van der Waals surface area contributed by atoms with E-state index in [4.69, 9.17) is 10.9 Å². The fourth-order valence-electron chi connectivity index (χ4n) is 2.66. The number of unbranched alkanes of at least 4 members (excludes halogenated alkanes) is 1. The second-order valence-electron chi connectivity index (χ2n) is 6.75. The van der Waals surface area contributed by atoms with Crippen LogP contribution in [0.1, 0.15) is 65.7 Å². The molecule has 1 fully saturated rings. The molecule has 0 amide bonds. The van der Waals surface area contributed by atoms with E-state index in [0.717, 1.165) is 25.8 Å². The summed E-state index contributed by atoms with van der Waals surface area (Å²) < 4.78 is 0. The topological polar surface area (TPSA) is 70.6 Å². The Morgan fingerprint density at radius 3 is 2.58 bits per heavy atom. The van der Waals surface area contributed by atoms with Gasteiger partial charge < -0.3 is 16.3 Å². The van der Waals surface area contributed by atoms with Gasteiger partial charge in [-0.3, -0.25) is 0 Å². The molecule has 0 aliphatic heterocycles. The van der Waals surface area contributed by atoms with E-state index < -0.39 is 0 Å². The molecule has 4 N–H and O–H groups in total. The van der Waals surface area contributed by atoms with E-state index in [1.165, 1.54) is 32.2 Å². The van der Waals surface area contributed by atoms with Gasteiger partial charge in [-0.05, 0) is 44.1 Å². The first-order valence-corrected chi connectivity index (χ1v) is 7.64. The second kappa shape index (κ2) is 7.13. The van der Waals surface area contributed by atoms with Gasteiger partial charge in [-0.15, -0.1) is 0 Å². The third-order valence-corrected chi connectivity index (χ3v) is 4.44. The molecule has 1 aliphatic rings. The van der Waals surface area contributed by atoms with Gasteiger partial charge in [0, 0.05) is 12.0 Å². The van der Waals surface area contributed by atoms with Crippen molar-refractivity contribution in [2.45, 2.75) is 65.7 Å². The first-order chi connectivity index (χ1) is 8.96. The van der Waals surface area contributed by atoms with Crippen LogP contribution >= 0.6 is 0 Å². The van der Waals surface area contributed by atoms with Crippen LogP contribution in [0.2, 0.25) is 0 Å². The standard InChI is InChI=1S/C15H31N3O/c1-4-7-15(9-10-15)12-17-11-6-5-8-14(2,3)13(16)18-19/h17,19H,4-12H2,1-3H3,(H2,16,18). The number of hydrogen-bond acceptors (Lipinski definition) is 3. The summed E-state index contributed by atoms with van der Waals surface area (Å²) >= 11 is 0. The minimum Gasteiger partial charge on any atom is -0.409 e. The smallest absolute Gasteiger partial charge is 0.144 e. The molecular formula is C15H31N3O. The summed E-state index contributed by atoms with van der Waals surface area (Å²) in [7, 11) is 0. The number of nitrogens with two attached hydrogens (primary N) is 1. The number of hydrogen-bond donors (Lipinski definition) is 3. The molecule has 0 heterocycles. The molecule has 0 spiro atoms.